The van der Waals surface area contributed by atoms with Crippen molar-refractivity contribution >= 4 is 9.76 Å². The van der Waals surface area contributed by atoms with E-state index in [0.717, 1.165) is 25.4 Å². The Bertz CT molecular complexity index is 97.8. The van der Waals surface area contributed by atoms with Gasteiger partial charge in [-0.1, -0.05) is 27.7 Å². The summed E-state index contributed by atoms with van der Waals surface area (Å²) in [6.07, 6.45) is 0. The predicted molar refractivity (Wildman–Crippen MR) is 60.7 cm³/mol. The molecule has 0 saturated carbocycles. The van der Waals surface area contributed by atoms with E-state index in [0.29, 0.717) is 6.04 Å². The lowest BCUT2D eigenvalue weighted by Gasteiger charge is -2.10. The Labute approximate surface area is 84.6 Å². The fraction of sp³-hybridized carbons (Fsp3) is 1.00. The Morgan fingerprint density at radius 1 is 1.15 bits per heavy atom. The summed E-state index contributed by atoms with van der Waals surface area (Å²) in [6.45, 7) is 11.5. The number of nitrogens with one attached hydrogen (secondary N) is 2. The van der Waals surface area contributed by atoms with Gasteiger partial charge in [0.1, 0.15) is 0 Å². The van der Waals surface area contributed by atoms with Crippen molar-refractivity contribution < 1.29 is 4.43 Å². The maximum atomic E-state index is 5.50. The van der Waals surface area contributed by atoms with E-state index < -0.39 is 0 Å². The molecule has 0 aliphatic rings. The van der Waals surface area contributed by atoms with E-state index in [1.165, 1.54) is 0 Å². The maximum Gasteiger partial charge on any atom is 0.165 e. The first-order chi connectivity index (χ1) is 6.13. The van der Waals surface area contributed by atoms with Gasteiger partial charge in [0.2, 0.25) is 0 Å². The van der Waals surface area contributed by atoms with E-state index in [9.17, 15) is 0 Å². The van der Waals surface area contributed by atoms with Crippen molar-refractivity contribution in [2.75, 3.05) is 19.8 Å². The molecule has 0 aromatic heterocycles. The Kier molecular flexibility index (Phi) is 8.75. The Morgan fingerprint density at radius 2 is 1.85 bits per heavy atom. The molecule has 3 nitrogen and oxygen atoms in total. The van der Waals surface area contributed by atoms with Gasteiger partial charge in [0.15, 0.2) is 9.76 Å². The van der Waals surface area contributed by atoms with Crippen LogP contribution in [0.4, 0.5) is 0 Å². The van der Waals surface area contributed by atoms with Crippen LogP contribution in [0.5, 0.6) is 0 Å². The normalized spacial score (nSPS) is 12.5. The highest BCUT2D eigenvalue weighted by molar-refractivity contribution is 6.29. The minimum atomic E-state index is -0.287. The summed E-state index contributed by atoms with van der Waals surface area (Å²) in [4.78, 5) is 0. The summed E-state index contributed by atoms with van der Waals surface area (Å²) in [7, 11) is -0.287. The zero-order chi connectivity index (χ0) is 10.1. The van der Waals surface area contributed by atoms with Crippen LogP contribution < -0.4 is 10.6 Å². The summed E-state index contributed by atoms with van der Waals surface area (Å²) in [6, 6.07) is 0.577. The van der Waals surface area contributed by atoms with Crippen LogP contribution in [0.2, 0.25) is 5.54 Å². The van der Waals surface area contributed by atoms with Crippen molar-refractivity contribution in [1.82, 2.24) is 10.6 Å². The van der Waals surface area contributed by atoms with E-state index in [2.05, 4.69) is 38.3 Å². The molecule has 0 fully saturated rings. The van der Waals surface area contributed by atoms with Crippen molar-refractivity contribution in [3.8, 4) is 0 Å². The lowest BCUT2D eigenvalue weighted by atomic mass is 10.4. The lowest BCUT2D eigenvalue weighted by Crippen LogP contribution is -2.32. The molecule has 80 valence electrons. The zero-order valence-corrected chi connectivity index (χ0v) is 10.8. The van der Waals surface area contributed by atoms with Crippen LogP contribution in [0.15, 0.2) is 0 Å². The van der Waals surface area contributed by atoms with Crippen molar-refractivity contribution in [2.45, 2.75) is 39.3 Å². The van der Waals surface area contributed by atoms with Gasteiger partial charge in [0.25, 0.3) is 0 Å². The summed E-state index contributed by atoms with van der Waals surface area (Å²) < 4.78 is 5.50. The van der Waals surface area contributed by atoms with Gasteiger partial charge in [0.05, 0.1) is 6.73 Å². The van der Waals surface area contributed by atoms with Gasteiger partial charge in [-0.25, -0.2) is 0 Å². The quantitative estimate of drug-likeness (QED) is 0.342. The summed E-state index contributed by atoms with van der Waals surface area (Å²) in [5, 5.41) is 6.58. The molecule has 0 aliphatic heterocycles. The second kappa shape index (κ2) is 8.68. The van der Waals surface area contributed by atoms with Crippen molar-refractivity contribution in [2.24, 2.45) is 0 Å². The molecule has 0 atom stereocenters. The average Bonchev–Trinajstić information content (AvgIpc) is 2.01. The molecule has 4 heteroatoms. The Morgan fingerprint density at radius 3 is 2.38 bits per heavy atom. The van der Waals surface area contributed by atoms with E-state index in [1.807, 2.05) is 0 Å². The topological polar surface area (TPSA) is 33.3 Å². The second-order valence-corrected chi connectivity index (χ2v) is 6.39. The molecule has 0 bridgehead atoms. The summed E-state index contributed by atoms with van der Waals surface area (Å²) in [5.74, 6) is 0. The summed E-state index contributed by atoms with van der Waals surface area (Å²) >= 11 is 0. The highest BCUT2D eigenvalue weighted by Gasteiger charge is 1.94. The number of hydrogen-bond acceptors (Lipinski definition) is 3. The predicted octanol–water partition coefficient (Wildman–Crippen LogP) is 0.460. The van der Waals surface area contributed by atoms with Crippen LogP contribution >= 0.6 is 0 Å². The molecule has 0 aliphatic carbocycles. The van der Waals surface area contributed by atoms with E-state index in [-0.39, 0.29) is 9.76 Å². The molecule has 0 aromatic carbocycles. The molecule has 0 aromatic rings. The molecule has 0 radical (unpaired) electrons. The van der Waals surface area contributed by atoms with Crippen LogP contribution in [0.3, 0.4) is 0 Å². The largest absolute Gasteiger partial charge is 0.411 e. The first-order valence-corrected chi connectivity index (χ1v) is 6.54. The van der Waals surface area contributed by atoms with Crippen molar-refractivity contribution in [1.29, 1.82) is 0 Å². The van der Waals surface area contributed by atoms with Crippen molar-refractivity contribution in [3.63, 3.8) is 0 Å². The number of hydrogen-bond donors (Lipinski definition) is 2. The van der Waals surface area contributed by atoms with Gasteiger partial charge < -0.3 is 9.74 Å². The molecule has 0 unspecified atom stereocenters. The van der Waals surface area contributed by atoms with E-state index in [4.69, 9.17) is 4.43 Å². The molecule has 2 N–H and O–H groups in total. The molecule has 0 amide bonds. The van der Waals surface area contributed by atoms with Crippen molar-refractivity contribution in [3.05, 3.63) is 0 Å². The van der Waals surface area contributed by atoms with Gasteiger partial charge in [-0.15, -0.1) is 0 Å². The third kappa shape index (κ3) is 12.1. The lowest BCUT2D eigenvalue weighted by molar-refractivity contribution is 0.294. The average molecular weight is 204 g/mol. The summed E-state index contributed by atoms with van der Waals surface area (Å²) in [5.41, 5.74) is 0.760. The van der Waals surface area contributed by atoms with Gasteiger partial charge in [0, 0.05) is 19.1 Å². The zero-order valence-electron chi connectivity index (χ0n) is 9.39. The van der Waals surface area contributed by atoms with E-state index in [1.54, 1.807) is 0 Å². The fourth-order valence-corrected chi connectivity index (χ4v) is 1.62. The van der Waals surface area contributed by atoms with Crippen LogP contribution in [0.1, 0.15) is 27.7 Å². The van der Waals surface area contributed by atoms with Gasteiger partial charge >= 0.3 is 0 Å². The highest BCUT2D eigenvalue weighted by Crippen LogP contribution is 1.95. The Balaban J connectivity index is 2.92. The Hall–Kier alpha value is 0.0969. The molecule has 0 saturated heterocycles. The maximum absolute atomic E-state index is 5.50. The van der Waals surface area contributed by atoms with E-state index >= 15 is 0 Å². The number of rotatable bonds is 8. The fourth-order valence-electron chi connectivity index (χ4n) is 0.888. The SMILES string of the molecule is CC(C)NCCNCO[SiH2]C(C)C. The van der Waals surface area contributed by atoms with Crippen LogP contribution in [0, 0.1) is 0 Å². The molecular formula is C9H24N2OSi. The standard InChI is InChI=1S/C9H24N2OSi/c1-8(2)11-6-5-10-7-12-13-9(3)4/h8-11H,5-7,13H2,1-4H3. The van der Waals surface area contributed by atoms with Gasteiger partial charge in [-0.05, 0) is 5.54 Å². The first kappa shape index (κ1) is 13.1. The molecular weight excluding hydrogens is 180 g/mol. The second-order valence-electron chi connectivity index (χ2n) is 4.02. The molecule has 0 rings (SSSR count). The third-order valence-electron chi connectivity index (χ3n) is 1.51. The molecule has 0 spiro atoms. The monoisotopic (exact) mass is 204 g/mol. The van der Waals surface area contributed by atoms with Crippen LogP contribution in [-0.4, -0.2) is 35.6 Å². The first-order valence-electron chi connectivity index (χ1n) is 5.14. The minimum Gasteiger partial charge on any atom is -0.411 e. The minimum absolute atomic E-state index is 0.287. The third-order valence-corrected chi connectivity index (χ3v) is 2.62. The molecule has 13 heavy (non-hydrogen) atoms. The van der Waals surface area contributed by atoms with Gasteiger partial charge in [-0.3, -0.25) is 5.32 Å². The smallest absolute Gasteiger partial charge is 0.165 e. The van der Waals surface area contributed by atoms with Crippen LogP contribution in [0.25, 0.3) is 0 Å². The van der Waals surface area contributed by atoms with Crippen LogP contribution in [-0.2, 0) is 4.43 Å². The highest BCUT2D eigenvalue weighted by atomic mass is 28.2. The van der Waals surface area contributed by atoms with Gasteiger partial charge in [-0.2, -0.15) is 0 Å². The molecule has 0 heterocycles.